The van der Waals surface area contributed by atoms with Crippen molar-refractivity contribution in [1.82, 2.24) is 50.6 Å². The standard InChI is InChI=1S/C53H60N12O5S2/c1-29(32-7-9-33(10-8-32)43-30(2)57-28-71-43)59-47(69)42-22-35(66)27-64(42)49(70)44(51(3,4)5)60-45(67)36-12-13-37(36)46(68)61-53-18-15-52(16-19-53,17-20-53)50-63-62-48(72-50)38-26-56-40(23-39(38)55-6)41-14-11-34-21-31(24-54)25-58-65(34)41/h7-11,14,21,23,25-26,28-29,35-37,42,44,66H,12-13,15-20,22,27H2,1-6H3,(H,55,56)(H,59,69)(H,60,67)(H,61,68)/t29-,35+,36+,37-,42-,44+,52?,53?/m0/s1. The number of aromatic nitrogens is 6. The maximum Gasteiger partial charge on any atom is 0.246 e. The Hall–Kier alpha value is -6.62. The predicted molar refractivity (Wildman–Crippen MR) is 274 cm³/mol. The van der Waals surface area contributed by atoms with Crippen LogP contribution in [0.25, 0.3) is 37.9 Å². The van der Waals surface area contributed by atoms with Gasteiger partial charge in [-0.1, -0.05) is 56.4 Å². The highest BCUT2D eigenvalue weighted by molar-refractivity contribution is 7.15. The molecule has 1 aliphatic heterocycles. The average molecular weight is 1010 g/mol. The van der Waals surface area contributed by atoms with Crippen LogP contribution in [-0.4, -0.2) is 101 Å². The number of nitrogens with one attached hydrogen (secondary N) is 4. The molecule has 374 valence electrons. The summed E-state index contributed by atoms with van der Waals surface area (Å²) in [6.45, 7) is 9.42. The fourth-order valence-corrected chi connectivity index (χ4v) is 13.2. The van der Waals surface area contributed by atoms with Crippen LogP contribution in [-0.2, 0) is 24.6 Å². The summed E-state index contributed by atoms with van der Waals surface area (Å²) in [5.74, 6) is -2.40. The number of β-amino-alcohol motifs (C(OH)–C–C–N with tert-alkyl or cyclic N) is 1. The third kappa shape index (κ3) is 9.13. The molecular formula is C53H60N12O5S2. The highest BCUT2D eigenvalue weighted by Crippen LogP contribution is 2.55. The molecule has 1 saturated heterocycles. The Morgan fingerprint density at radius 2 is 1.62 bits per heavy atom. The Labute approximate surface area is 426 Å². The van der Waals surface area contributed by atoms with Gasteiger partial charge >= 0.3 is 0 Å². The third-order valence-electron chi connectivity index (χ3n) is 15.8. The number of rotatable bonds is 13. The number of pyridine rings is 1. The highest BCUT2D eigenvalue weighted by atomic mass is 32.1. The number of carbonyl (C=O) groups is 4. The van der Waals surface area contributed by atoms with Crippen LogP contribution in [0.15, 0.2) is 66.4 Å². The molecule has 6 atom stereocenters. The monoisotopic (exact) mass is 1010 g/mol. The number of thiazole rings is 1. The van der Waals surface area contributed by atoms with Crippen molar-refractivity contribution < 1.29 is 24.3 Å². The minimum Gasteiger partial charge on any atom is -0.391 e. The number of fused-ring (bicyclic) bond motifs is 4. The second-order valence-corrected chi connectivity index (χ2v) is 23.2. The molecule has 0 spiro atoms. The van der Waals surface area contributed by atoms with Gasteiger partial charge in [-0.25, -0.2) is 9.50 Å². The quantitative estimate of drug-likeness (QED) is 0.0779. The van der Waals surface area contributed by atoms with Gasteiger partial charge in [0, 0.05) is 54.7 Å². The molecule has 4 aliphatic carbocycles. The zero-order valence-electron chi connectivity index (χ0n) is 41.4. The van der Waals surface area contributed by atoms with E-state index in [9.17, 15) is 29.5 Å². The summed E-state index contributed by atoms with van der Waals surface area (Å²) >= 11 is 3.16. The molecule has 0 unspecified atom stereocenters. The van der Waals surface area contributed by atoms with Crippen molar-refractivity contribution in [3.05, 3.63) is 88.3 Å². The molecule has 5 aromatic heterocycles. The largest absolute Gasteiger partial charge is 0.391 e. The normalized spacial score (nSPS) is 24.5. The summed E-state index contributed by atoms with van der Waals surface area (Å²) in [4.78, 5) is 68.2. The summed E-state index contributed by atoms with van der Waals surface area (Å²) < 4.78 is 1.77. The molecule has 5 fully saturated rings. The molecule has 2 bridgehead atoms. The predicted octanol–water partition coefficient (Wildman–Crippen LogP) is 7.12. The molecule has 72 heavy (non-hydrogen) atoms. The fraction of sp³-hybridized carbons (Fsp3) is 0.472. The molecule has 17 nitrogen and oxygen atoms in total. The van der Waals surface area contributed by atoms with E-state index >= 15 is 0 Å². The molecule has 6 aromatic rings. The second-order valence-electron chi connectivity index (χ2n) is 21.4. The fourth-order valence-electron chi connectivity index (χ4n) is 11.2. The number of nitrogens with zero attached hydrogens (tertiary/aromatic N) is 8. The zero-order chi connectivity index (χ0) is 50.7. The Kier molecular flexibility index (Phi) is 13.0. The van der Waals surface area contributed by atoms with Gasteiger partial charge in [-0.05, 0) is 106 Å². The number of aliphatic hydroxyl groups excluding tert-OH is 1. The number of carbonyl (C=O) groups excluding carboxylic acids is 4. The molecule has 0 radical (unpaired) electrons. The van der Waals surface area contributed by atoms with Crippen molar-refractivity contribution >= 4 is 57.5 Å². The molecule has 5 aliphatic rings. The van der Waals surface area contributed by atoms with Crippen LogP contribution in [0.2, 0.25) is 0 Å². The minimum atomic E-state index is -0.997. The number of anilines is 1. The van der Waals surface area contributed by atoms with Gasteiger partial charge in [-0.15, -0.1) is 21.5 Å². The summed E-state index contributed by atoms with van der Waals surface area (Å²) in [6, 6.07) is 15.4. The lowest BCUT2D eigenvalue weighted by atomic mass is 9.57. The number of aliphatic hydroxyl groups is 1. The van der Waals surface area contributed by atoms with E-state index < -0.39 is 41.3 Å². The number of hydrogen-bond donors (Lipinski definition) is 5. The van der Waals surface area contributed by atoms with E-state index in [1.807, 2.05) is 95.8 Å². The zero-order valence-corrected chi connectivity index (χ0v) is 43.0. The lowest BCUT2D eigenvalue weighted by molar-refractivity contribution is -0.148. The first kappa shape index (κ1) is 49.0. The summed E-state index contributed by atoms with van der Waals surface area (Å²) in [6.07, 6.45) is 8.58. The van der Waals surface area contributed by atoms with E-state index in [0.717, 1.165) is 98.4 Å². The van der Waals surface area contributed by atoms with Gasteiger partial charge in [-0.2, -0.15) is 10.4 Å². The smallest absolute Gasteiger partial charge is 0.246 e. The van der Waals surface area contributed by atoms with Crippen LogP contribution in [0.1, 0.15) is 113 Å². The van der Waals surface area contributed by atoms with Gasteiger partial charge in [0.2, 0.25) is 23.6 Å². The maximum absolute atomic E-state index is 14.5. The summed E-state index contributed by atoms with van der Waals surface area (Å²) in [5.41, 5.74) is 8.00. The molecule has 4 amide bonds. The van der Waals surface area contributed by atoms with Crippen molar-refractivity contribution in [1.29, 1.82) is 5.26 Å². The first-order chi connectivity index (χ1) is 34.5. The van der Waals surface area contributed by atoms with Gasteiger partial charge in [0.15, 0.2) is 5.01 Å². The molecule has 6 heterocycles. The van der Waals surface area contributed by atoms with Crippen molar-refractivity contribution in [3.63, 3.8) is 0 Å². The van der Waals surface area contributed by atoms with Crippen LogP contribution >= 0.6 is 22.7 Å². The van der Waals surface area contributed by atoms with Gasteiger partial charge in [-0.3, -0.25) is 24.2 Å². The highest BCUT2D eigenvalue weighted by Gasteiger charge is 2.54. The Balaban J connectivity index is 0.750. The Bertz CT molecular complexity index is 3090. The first-order valence-electron chi connectivity index (χ1n) is 24.8. The van der Waals surface area contributed by atoms with Crippen LogP contribution in [0.5, 0.6) is 0 Å². The molecule has 19 heteroatoms. The van der Waals surface area contributed by atoms with Gasteiger partial charge in [0.1, 0.15) is 23.2 Å². The van der Waals surface area contributed by atoms with Crippen LogP contribution in [0, 0.1) is 35.5 Å². The van der Waals surface area contributed by atoms with Crippen molar-refractivity contribution in [2.45, 2.75) is 128 Å². The van der Waals surface area contributed by atoms with E-state index in [0.29, 0.717) is 18.4 Å². The number of hydrogen-bond acceptors (Lipinski definition) is 14. The van der Waals surface area contributed by atoms with Crippen LogP contribution in [0.3, 0.4) is 0 Å². The Morgan fingerprint density at radius 3 is 2.28 bits per heavy atom. The second kappa shape index (κ2) is 19.1. The van der Waals surface area contributed by atoms with Crippen molar-refractivity contribution in [2.75, 3.05) is 18.9 Å². The molecule has 5 N–H and O–H groups in total. The van der Waals surface area contributed by atoms with E-state index in [1.54, 1.807) is 39.5 Å². The van der Waals surface area contributed by atoms with E-state index in [-0.39, 0.29) is 47.7 Å². The average Bonchev–Trinajstić information content (AvgIpc) is 4.20. The third-order valence-corrected chi connectivity index (χ3v) is 18.0. The van der Waals surface area contributed by atoms with Crippen LogP contribution < -0.4 is 21.3 Å². The van der Waals surface area contributed by atoms with E-state index in [2.05, 4.69) is 42.5 Å². The molecular weight excluding hydrogens is 949 g/mol. The molecule has 4 saturated carbocycles. The topological polar surface area (TPSA) is 233 Å². The summed E-state index contributed by atoms with van der Waals surface area (Å²) in [7, 11) is 1.86. The number of nitriles is 1. The van der Waals surface area contributed by atoms with Crippen molar-refractivity contribution in [2.24, 2.45) is 17.3 Å². The first-order valence-corrected chi connectivity index (χ1v) is 26.5. The Morgan fingerprint density at radius 1 is 0.903 bits per heavy atom. The van der Waals surface area contributed by atoms with E-state index in [4.69, 9.17) is 10.1 Å². The van der Waals surface area contributed by atoms with Gasteiger partial charge in [0.25, 0.3) is 0 Å². The minimum absolute atomic E-state index is 0.0316. The number of likely N-dealkylation sites (tertiary alicyclic amines) is 1. The SMILES string of the molecule is CNc1cc(-c2ccc3cc(C#N)cnn23)ncc1-c1nnc(C23CCC(NC(=O)[C@H]4CC[C@H]4C(=O)N[C@H](C(=O)N4C[C@H](O)C[C@H]4C(=O)N[C@@H](C)c4ccc(-c5scnc5C)cc4)C(C)(C)C)(CC2)CC3)s1. The summed E-state index contributed by atoms with van der Waals surface area (Å²) in [5, 5.41) is 48.6. The van der Waals surface area contributed by atoms with E-state index in [1.165, 1.54) is 4.90 Å². The number of amides is 4. The molecule has 11 rings (SSSR count). The number of benzene rings is 1. The maximum atomic E-state index is 14.5. The number of aryl methyl sites for hydroxylation is 1. The molecule has 1 aromatic carbocycles. The van der Waals surface area contributed by atoms with Gasteiger partial charge < -0.3 is 31.3 Å². The lowest BCUT2D eigenvalue weighted by Gasteiger charge is -2.53. The van der Waals surface area contributed by atoms with Crippen LogP contribution in [0.4, 0.5) is 5.69 Å². The van der Waals surface area contributed by atoms with Crippen molar-refractivity contribution in [3.8, 4) is 38.5 Å². The lowest BCUT2D eigenvalue weighted by Crippen LogP contribution is -2.62. The van der Waals surface area contributed by atoms with Gasteiger partial charge in [0.05, 0.1) is 62.5 Å².